The molecule has 1 aliphatic rings. The van der Waals surface area contributed by atoms with Gasteiger partial charge in [0.2, 0.25) is 0 Å². The lowest BCUT2D eigenvalue weighted by atomic mass is 10.2. The maximum Gasteiger partial charge on any atom is 0.276 e. The van der Waals surface area contributed by atoms with Gasteiger partial charge in [0.25, 0.3) is 11.5 Å². The van der Waals surface area contributed by atoms with Crippen molar-refractivity contribution < 1.29 is 4.79 Å². The van der Waals surface area contributed by atoms with Crippen molar-refractivity contribution in [3.05, 3.63) is 74.4 Å². The third kappa shape index (κ3) is 3.81. The highest BCUT2D eigenvalue weighted by Gasteiger charge is 2.27. The minimum Gasteiger partial charge on any atom is -0.335 e. The molecule has 164 valence electrons. The van der Waals surface area contributed by atoms with Gasteiger partial charge < -0.3 is 4.90 Å². The number of thiazole rings is 1. The van der Waals surface area contributed by atoms with Crippen LogP contribution < -0.4 is 5.56 Å². The Labute approximate surface area is 192 Å². The van der Waals surface area contributed by atoms with Gasteiger partial charge in [0.15, 0.2) is 10.7 Å². The molecule has 5 rings (SSSR count). The van der Waals surface area contributed by atoms with Gasteiger partial charge in [-0.2, -0.15) is 0 Å². The number of benzene rings is 1. The topological polar surface area (TPSA) is 88.6 Å². The summed E-state index contributed by atoms with van der Waals surface area (Å²) in [6.45, 7) is 4.91. The fourth-order valence-corrected chi connectivity index (χ4v) is 4.79. The monoisotopic (exact) mass is 469 g/mol. The van der Waals surface area contributed by atoms with Gasteiger partial charge in [-0.1, -0.05) is 28.9 Å². The van der Waals surface area contributed by atoms with E-state index in [1.807, 2.05) is 30.5 Å². The van der Waals surface area contributed by atoms with E-state index in [9.17, 15) is 9.59 Å². The van der Waals surface area contributed by atoms with Gasteiger partial charge in [-0.05, 0) is 19.1 Å². The number of hydrogen-bond acceptors (Lipinski definition) is 7. The van der Waals surface area contributed by atoms with Gasteiger partial charge >= 0.3 is 0 Å². The summed E-state index contributed by atoms with van der Waals surface area (Å²) < 4.78 is 3.14. The molecule has 1 saturated heterocycles. The van der Waals surface area contributed by atoms with E-state index in [0.29, 0.717) is 59.8 Å². The molecule has 0 radical (unpaired) electrons. The van der Waals surface area contributed by atoms with E-state index in [1.165, 1.54) is 11.3 Å². The molecule has 4 aromatic rings. The fourth-order valence-electron chi connectivity index (χ4n) is 3.84. The minimum atomic E-state index is -0.142. The average Bonchev–Trinajstić information content (AvgIpc) is 3.41. The molecular formula is C21H20ClN7O2S. The summed E-state index contributed by atoms with van der Waals surface area (Å²) in [5.41, 5.74) is 2.35. The van der Waals surface area contributed by atoms with E-state index < -0.39 is 0 Å². The van der Waals surface area contributed by atoms with Crippen molar-refractivity contribution in [3.63, 3.8) is 0 Å². The maximum absolute atomic E-state index is 13.1. The van der Waals surface area contributed by atoms with Gasteiger partial charge in [-0.25, -0.2) is 9.67 Å². The van der Waals surface area contributed by atoms with Crippen LogP contribution in [0.15, 0.2) is 46.7 Å². The molecular weight excluding hydrogens is 450 g/mol. The predicted octanol–water partition coefficient (Wildman–Crippen LogP) is 2.26. The molecule has 1 amide bonds. The maximum atomic E-state index is 13.1. The third-order valence-corrected chi connectivity index (χ3v) is 6.66. The molecule has 3 aromatic heterocycles. The van der Waals surface area contributed by atoms with Gasteiger partial charge in [-0.3, -0.25) is 18.9 Å². The molecule has 32 heavy (non-hydrogen) atoms. The van der Waals surface area contributed by atoms with Crippen molar-refractivity contribution in [1.29, 1.82) is 0 Å². The number of rotatable bonds is 4. The highest BCUT2D eigenvalue weighted by molar-refractivity contribution is 7.15. The van der Waals surface area contributed by atoms with Crippen LogP contribution in [-0.4, -0.2) is 66.3 Å². The van der Waals surface area contributed by atoms with E-state index in [2.05, 4.69) is 20.2 Å². The number of aromatic nitrogens is 5. The minimum absolute atomic E-state index is 0.0721. The Kier molecular flexibility index (Phi) is 5.50. The van der Waals surface area contributed by atoms with Crippen LogP contribution in [0.25, 0.3) is 10.6 Å². The third-order valence-electron chi connectivity index (χ3n) is 5.58. The Morgan fingerprint density at radius 3 is 2.75 bits per heavy atom. The number of fused-ring (bicyclic) bond motifs is 1. The van der Waals surface area contributed by atoms with Crippen molar-refractivity contribution in [1.82, 2.24) is 34.2 Å². The first-order valence-corrected chi connectivity index (χ1v) is 11.4. The van der Waals surface area contributed by atoms with Crippen molar-refractivity contribution in [2.24, 2.45) is 0 Å². The lowest BCUT2D eigenvalue weighted by Crippen LogP contribution is -2.48. The first-order valence-electron chi connectivity index (χ1n) is 10.2. The van der Waals surface area contributed by atoms with E-state index in [1.54, 1.807) is 32.3 Å². The largest absolute Gasteiger partial charge is 0.335 e. The van der Waals surface area contributed by atoms with Crippen molar-refractivity contribution in [2.45, 2.75) is 13.5 Å². The van der Waals surface area contributed by atoms with Gasteiger partial charge in [-0.15, -0.1) is 16.4 Å². The van der Waals surface area contributed by atoms with Crippen LogP contribution in [-0.2, 0) is 6.54 Å². The summed E-state index contributed by atoms with van der Waals surface area (Å²) in [5.74, 6) is -0.142. The first kappa shape index (κ1) is 20.8. The van der Waals surface area contributed by atoms with Crippen LogP contribution in [0.1, 0.15) is 21.9 Å². The summed E-state index contributed by atoms with van der Waals surface area (Å²) in [6.07, 6.45) is 1.73. The highest BCUT2D eigenvalue weighted by atomic mass is 35.5. The van der Waals surface area contributed by atoms with Crippen LogP contribution >= 0.6 is 22.9 Å². The summed E-state index contributed by atoms with van der Waals surface area (Å²) in [4.78, 5) is 34.5. The molecule has 0 saturated carbocycles. The second-order valence-electron chi connectivity index (χ2n) is 7.60. The van der Waals surface area contributed by atoms with Crippen molar-refractivity contribution in [3.8, 4) is 5.69 Å². The van der Waals surface area contributed by atoms with Crippen LogP contribution in [0.4, 0.5) is 0 Å². The smallest absolute Gasteiger partial charge is 0.276 e. The number of nitrogens with zero attached hydrogens (tertiary/aromatic N) is 7. The number of piperazine rings is 1. The molecule has 11 heteroatoms. The predicted molar refractivity (Wildman–Crippen MR) is 122 cm³/mol. The van der Waals surface area contributed by atoms with Gasteiger partial charge in [0.05, 0.1) is 22.1 Å². The Morgan fingerprint density at radius 1 is 1.19 bits per heavy atom. The zero-order valence-corrected chi connectivity index (χ0v) is 18.9. The molecule has 0 atom stereocenters. The van der Waals surface area contributed by atoms with Crippen molar-refractivity contribution >= 4 is 33.8 Å². The Morgan fingerprint density at radius 2 is 1.97 bits per heavy atom. The van der Waals surface area contributed by atoms with Crippen LogP contribution in [0.2, 0.25) is 5.02 Å². The van der Waals surface area contributed by atoms with Gasteiger partial charge in [0, 0.05) is 50.4 Å². The molecule has 1 aliphatic heterocycles. The molecule has 0 N–H and O–H groups in total. The Balaban J connectivity index is 1.26. The molecule has 0 bridgehead atoms. The first-order chi connectivity index (χ1) is 15.5. The number of carbonyl (C=O) groups excluding carboxylic acids is 1. The molecule has 0 aliphatic carbocycles. The zero-order valence-electron chi connectivity index (χ0n) is 17.3. The summed E-state index contributed by atoms with van der Waals surface area (Å²) in [6, 6.07) is 8.90. The van der Waals surface area contributed by atoms with E-state index in [0.717, 1.165) is 5.69 Å². The van der Waals surface area contributed by atoms with E-state index >= 15 is 0 Å². The zero-order chi connectivity index (χ0) is 22.2. The van der Waals surface area contributed by atoms with Crippen LogP contribution in [0.3, 0.4) is 0 Å². The summed E-state index contributed by atoms with van der Waals surface area (Å²) >= 11 is 7.71. The number of halogens is 1. The molecule has 0 spiro atoms. The molecule has 4 heterocycles. The van der Waals surface area contributed by atoms with Crippen LogP contribution in [0, 0.1) is 6.92 Å². The number of para-hydroxylation sites is 1. The van der Waals surface area contributed by atoms with E-state index in [-0.39, 0.29) is 11.5 Å². The fraction of sp³-hybridized carbons (Fsp3) is 0.286. The van der Waals surface area contributed by atoms with Crippen LogP contribution in [0.5, 0.6) is 0 Å². The second kappa shape index (κ2) is 8.45. The Bertz CT molecular complexity index is 1350. The summed E-state index contributed by atoms with van der Waals surface area (Å²) in [5, 5.41) is 10.7. The number of hydrogen-bond donors (Lipinski definition) is 0. The van der Waals surface area contributed by atoms with E-state index in [4.69, 9.17) is 11.6 Å². The summed E-state index contributed by atoms with van der Waals surface area (Å²) in [7, 11) is 0. The van der Waals surface area contributed by atoms with Crippen molar-refractivity contribution in [2.75, 3.05) is 26.2 Å². The quantitative estimate of drug-likeness (QED) is 0.455. The molecule has 0 unspecified atom stereocenters. The number of amides is 1. The number of carbonyl (C=O) groups is 1. The highest BCUT2D eigenvalue weighted by Crippen LogP contribution is 2.22. The molecule has 9 nitrogen and oxygen atoms in total. The lowest BCUT2D eigenvalue weighted by Gasteiger charge is -2.34. The second-order valence-corrected chi connectivity index (χ2v) is 8.88. The Hall–Kier alpha value is -3.08. The average molecular weight is 470 g/mol. The standard InChI is InChI=1S/C21H20ClN7O2S/c1-14-19(24-25-29(14)17-5-3-2-4-16(17)22)20(31)27-8-6-26(7-9-27)13-15-12-18(30)28-10-11-32-21(28)23-15/h2-5,10-12H,6-9,13H2,1H3. The SMILES string of the molecule is Cc1c(C(=O)N2CCN(Cc3cc(=O)n4ccsc4n3)CC2)nnn1-c1ccccc1Cl. The van der Waals surface area contributed by atoms with Gasteiger partial charge in [0.1, 0.15) is 0 Å². The molecule has 1 aromatic carbocycles. The molecule has 1 fully saturated rings. The lowest BCUT2D eigenvalue weighted by molar-refractivity contribution is 0.0620. The normalized spacial score (nSPS) is 14.9.